The first kappa shape index (κ1) is 17.2. The first-order valence-electron chi connectivity index (χ1n) is 9.33. The smallest absolute Gasteiger partial charge is 0.228 e. The molecule has 0 atom stereocenters. The molecule has 0 saturated carbocycles. The molecular formula is C20H20N6OS. The van der Waals surface area contributed by atoms with Crippen LogP contribution in [0, 0.1) is 0 Å². The molecule has 1 aliphatic heterocycles. The molecule has 7 nitrogen and oxygen atoms in total. The number of anilines is 3. The van der Waals surface area contributed by atoms with Crippen molar-refractivity contribution in [1.82, 2.24) is 19.5 Å². The molecule has 0 aliphatic carbocycles. The molecule has 1 fully saturated rings. The van der Waals surface area contributed by atoms with Crippen LogP contribution in [0.4, 0.5) is 17.6 Å². The number of aliphatic hydroxyl groups excluding tert-OH is 1. The van der Waals surface area contributed by atoms with Crippen LogP contribution in [0.1, 0.15) is 17.7 Å². The highest BCUT2D eigenvalue weighted by Gasteiger charge is 2.19. The number of benzene rings is 1. The lowest BCUT2D eigenvalue weighted by Crippen LogP contribution is -2.20. The summed E-state index contributed by atoms with van der Waals surface area (Å²) in [6.07, 6.45) is 6.05. The van der Waals surface area contributed by atoms with Crippen molar-refractivity contribution in [3.05, 3.63) is 53.8 Å². The fourth-order valence-corrected chi connectivity index (χ4v) is 4.32. The summed E-state index contributed by atoms with van der Waals surface area (Å²) in [7, 11) is 0. The molecule has 142 valence electrons. The van der Waals surface area contributed by atoms with E-state index < -0.39 is 0 Å². The molecule has 1 saturated heterocycles. The number of aliphatic hydroxyl groups is 1. The second kappa shape index (κ2) is 7.21. The van der Waals surface area contributed by atoms with Crippen LogP contribution in [-0.2, 0) is 6.61 Å². The number of nitrogens with one attached hydrogen (secondary N) is 1. The minimum Gasteiger partial charge on any atom is -0.391 e. The maximum atomic E-state index is 9.55. The van der Waals surface area contributed by atoms with E-state index in [4.69, 9.17) is 9.97 Å². The zero-order valence-electron chi connectivity index (χ0n) is 15.2. The first-order chi connectivity index (χ1) is 13.8. The highest BCUT2D eigenvalue weighted by Crippen LogP contribution is 2.33. The largest absolute Gasteiger partial charge is 0.391 e. The Bertz CT molecular complexity index is 1100. The topological polar surface area (TPSA) is 79.1 Å². The van der Waals surface area contributed by atoms with Crippen molar-refractivity contribution in [3.8, 4) is 5.69 Å². The van der Waals surface area contributed by atoms with Crippen LogP contribution < -0.4 is 10.2 Å². The molecule has 2 N–H and O–H groups in total. The molecule has 3 aromatic heterocycles. The molecule has 5 rings (SSSR count). The maximum absolute atomic E-state index is 9.55. The van der Waals surface area contributed by atoms with Crippen molar-refractivity contribution in [2.75, 3.05) is 23.3 Å². The van der Waals surface area contributed by atoms with Gasteiger partial charge in [-0.05, 0) is 31.0 Å². The highest BCUT2D eigenvalue weighted by atomic mass is 32.1. The third-order valence-corrected chi connectivity index (χ3v) is 5.87. The van der Waals surface area contributed by atoms with Crippen molar-refractivity contribution >= 4 is 39.1 Å². The Balaban J connectivity index is 1.52. The van der Waals surface area contributed by atoms with E-state index in [0.717, 1.165) is 58.5 Å². The van der Waals surface area contributed by atoms with E-state index in [1.165, 1.54) is 11.3 Å². The average Bonchev–Trinajstić information content (AvgIpc) is 3.48. The van der Waals surface area contributed by atoms with Gasteiger partial charge in [0, 0.05) is 23.7 Å². The Kier molecular flexibility index (Phi) is 4.42. The second-order valence-corrected chi connectivity index (χ2v) is 7.90. The van der Waals surface area contributed by atoms with Gasteiger partial charge in [0.1, 0.15) is 22.8 Å². The molecule has 8 heteroatoms. The summed E-state index contributed by atoms with van der Waals surface area (Å²) in [4.78, 5) is 18.0. The first-order valence-corrected chi connectivity index (χ1v) is 10.1. The van der Waals surface area contributed by atoms with Gasteiger partial charge in [-0.1, -0.05) is 18.2 Å². The molecule has 0 spiro atoms. The predicted molar refractivity (Wildman–Crippen MR) is 112 cm³/mol. The van der Waals surface area contributed by atoms with Gasteiger partial charge in [-0.15, -0.1) is 11.3 Å². The van der Waals surface area contributed by atoms with Gasteiger partial charge in [-0.3, -0.25) is 0 Å². The lowest BCUT2D eigenvalue weighted by atomic mass is 10.3. The van der Waals surface area contributed by atoms with Crippen LogP contribution in [0.5, 0.6) is 0 Å². The number of fused-ring (bicyclic) bond motifs is 1. The Hall–Kier alpha value is -2.97. The number of nitrogens with zero attached hydrogens (tertiary/aromatic N) is 5. The second-order valence-electron chi connectivity index (χ2n) is 6.78. The molecule has 1 aliphatic rings. The van der Waals surface area contributed by atoms with E-state index >= 15 is 0 Å². The van der Waals surface area contributed by atoms with E-state index in [2.05, 4.69) is 15.2 Å². The standard InChI is InChI=1S/C20H20N6OS/c27-12-15-10-16-18(23-20(24-19(16)28-15)25-8-4-5-9-25)22-17-11-26(13-21-17)14-6-2-1-3-7-14/h1-3,6-7,10-11,13,27H,4-5,8-9,12H2,(H,22,23,24). The number of thiophene rings is 1. The Labute approximate surface area is 166 Å². The van der Waals surface area contributed by atoms with Crippen molar-refractivity contribution in [2.24, 2.45) is 0 Å². The number of hydrogen-bond donors (Lipinski definition) is 2. The van der Waals surface area contributed by atoms with Crippen LogP contribution in [0.2, 0.25) is 0 Å². The van der Waals surface area contributed by atoms with Gasteiger partial charge >= 0.3 is 0 Å². The lowest BCUT2D eigenvalue weighted by molar-refractivity contribution is 0.285. The summed E-state index contributed by atoms with van der Waals surface area (Å²) in [6.45, 7) is 1.96. The predicted octanol–water partition coefficient (Wildman–Crippen LogP) is 3.71. The Morgan fingerprint density at radius 2 is 1.93 bits per heavy atom. The number of rotatable bonds is 5. The van der Waals surface area contributed by atoms with E-state index in [-0.39, 0.29) is 6.61 Å². The van der Waals surface area contributed by atoms with E-state index in [0.29, 0.717) is 5.82 Å². The van der Waals surface area contributed by atoms with E-state index in [1.54, 1.807) is 6.33 Å². The minimum absolute atomic E-state index is 0.00213. The summed E-state index contributed by atoms with van der Waals surface area (Å²) in [6, 6.07) is 12.0. The zero-order chi connectivity index (χ0) is 18.9. The fraction of sp³-hybridized carbons (Fsp3) is 0.250. The number of imidazole rings is 1. The van der Waals surface area contributed by atoms with Gasteiger partial charge in [0.25, 0.3) is 0 Å². The van der Waals surface area contributed by atoms with Crippen LogP contribution in [0.25, 0.3) is 15.9 Å². The summed E-state index contributed by atoms with van der Waals surface area (Å²) in [5, 5.41) is 13.8. The normalized spacial score (nSPS) is 14.1. The molecular weight excluding hydrogens is 372 g/mol. The van der Waals surface area contributed by atoms with E-state index in [9.17, 15) is 5.11 Å². The SMILES string of the molecule is OCc1cc2c(Nc3cn(-c4ccccc4)cn3)nc(N3CCCC3)nc2s1. The molecule has 0 amide bonds. The number of hydrogen-bond acceptors (Lipinski definition) is 7. The molecule has 0 bridgehead atoms. The van der Waals surface area contributed by atoms with Gasteiger partial charge in [-0.2, -0.15) is 4.98 Å². The average molecular weight is 392 g/mol. The molecule has 0 unspecified atom stereocenters. The zero-order valence-corrected chi connectivity index (χ0v) is 16.1. The van der Waals surface area contributed by atoms with Crippen molar-refractivity contribution < 1.29 is 5.11 Å². The van der Waals surface area contributed by atoms with Crippen LogP contribution in [-0.4, -0.2) is 37.7 Å². The monoisotopic (exact) mass is 392 g/mol. The number of para-hydroxylation sites is 1. The molecule has 1 aromatic carbocycles. The summed E-state index contributed by atoms with van der Waals surface area (Å²) in [5.74, 6) is 2.18. The van der Waals surface area contributed by atoms with Crippen LogP contribution in [0.3, 0.4) is 0 Å². The molecule has 4 aromatic rings. The fourth-order valence-electron chi connectivity index (χ4n) is 3.44. The van der Waals surface area contributed by atoms with Crippen molar-refractivity contribution in [3.63, 3.8) is 0 Å². The lowest BCUT2D eigenvalue weighted by Gasteiger charge is -2.16. The minimum atomic E-state index is 0.00213. The van der Waals surface area contributed by atoms with Crippen LogP contribution >= 0.6 is 11.3 Å². The maximum Gasteiger partial charge on any atom is 0.228 e. The van der Waals surface area contributed by atoms with Crippen molar-refractivity contribution in [1.29, 1.82) is 0 Å². The molecule has 4 heterocycles. The third kappa shape index (κ3) is 3.21. The quantitative estimate of drug-likeness (QED) is 0.539. The summed E-state index contributed by atoms with van der Waals surface area (Å²) < 4.78 is 1.97. The van der Waals surface area contributed by atoms with Gasteiger partial charge in [0.05, 0.1) is 18.2 Å². The highest BCUT2D eigenvalue weighted by molar-refractivity contribution is 7.18. The molecule has 28 heavy (non-hydrogen) atoms. The van der Waals surface area contributed by atoms with Gasteiger partial charge in [-0.25, -0.2) is 9.97 Å². The molecule has 0 radical (unpaired) electrons. The van der Waals surface area contributed by atoms with Crippen LogP contribution in [0.15, 0.2) is 48.9 Å². The third-order valence-electron chi connectivity index (χ3n) is 4.86. The Morgan fingerprint density at radius 3 is 2.71 bits per heavy atom. The Morgan fingerprint density at radius 1 is 1.11 bits per heavy atom. The van der Waals surface area contributed by atoms with Gasteiger partial charge < -0.3 is 19.9 Å². The number of aromatic nitrogens is 4. The van der Waals surface area contributed by atoms with Gasteiger partial charge in [0.2, 0.25) is 5.95 Å². The van der Waals surface area contributed by atoms with Crippen molar-refractivity contribution in [2.45, 2.75) is 19.4 Å². The summed E-state index contributed by atoms with van der Waals surface area (Å²) in [5.41, 5.74) is 1.05. The summed E-state index contributed by atoms with van der Waals surface area (Å²) >= 11 is 1.50. The van der Waals surface area contributed by atoms with Gasteiger partial charge in [0.15, 0.2) is 0 Å². The van der Waals surface area contributed by atoms with E-state index in [1.807, 2.05) is 47.2 Å².